The number of amides is 1. The van der Waals surface area contributed by atoms with E-state index in [9.17, 15) is 14.9 Å². The van der Waals surface area contributed by atoms with Gasteiger partial charge in [-0.1, -0.05) is 0 Å². The second kappa shape index (κ2) is 7.51. The molecule has 2 rings (SSSR count). The first-order chi connectivity index (χ1) is 11.6. The number of non-ortho nitro benzene ring substituents is 1. The van der Waals surface area contributed by atoms with Gasteiger partial charge in [-0.15, -0.1) is 0 Å². The molecule has 25 heavy (non-hydrogen) atoms. The SMILES string of the molecule is CSCc1cc([N+](=O)[O-])ccc1OCC1(NC(=O)OC(C)(C)C)CC1. The highest BCUT2D eigenvalue weighted by Crippen LogP contribution is 2.37. The molecule has 138 valence electrons. The number of hydrogen-bond acceptors (Lipinski definition) is 6. The van der Waals surface area contributed by atoms with Crippen LogP contribution in [0, 0.1) is 10.1 Å². The van der Waals surface area contributed by atoms with Crippen LogP contribution < -0.4 is 10.1 Å². The van der Waals surface area contributed by atoms with Crippen LogP contribution in [-0.4, -0.2) is 35.0 Å². The van der Waals surface area contributed by atoms with E-state index in [4.69, 9.17) is 9.47 Å². The maximum atomic E-state index is 11.9. The number of nitrogens with one attached hydrogen (secondary N) is 1. The first-order valence-corrected chi connectivity index (χ1v) is 9.44. The fraction of sp³-hybridized carbons (Fsp3) is 0.588. The molecule has 0 aliphatic heterocycles. The summed E-state index contributed by atoms with van der Waals surface area (Å²) in [6.45, 7) is 5.75. The highest BCUT2D eigenvalue weighted by Gasteiger charge is 2.46. The van der Waals surface area contributed by atoms with E-state index in [0.29, 0.717) is 18.1 Å². The van der Waals surface area contributed by atoms with Crippen LogP contribution in [0.1, 0.15) is 39.2 Å². The third-order valence-electron chi connectivity index (χ3n) is 3.68. The predicted molar refractivity (Wildman–Crippen MR) is 97.1 cm³/mol. The zero-order valence-corrected chi connectivity index (χ0v) is 15.8. The molecular formula is C17H24N2O5S. The molecule has 0 bridgehead atoms. The number of alkyl carbamates (subject to hydrolysis) is 1. The Morgan fingerprint density at radius 1 is 1.40 bits per heavy atom. The summed E-state index contributed by atoms with van der Waals surface area (Å²) in [6.07, 6.45) is 3.10. The van der Waals surface area contributed by atoms with Crippen LogP contribution in [0.25, 0.3) is 0 Å². The van der Waals surface area contributed by atoms with Gasteiger partial charge in [-0.05, 0) is 45.9 Å². The van der Waals surface area contributed by atoms with Crippen molar-refractivity contribution < 1.29 is 19.2 Å². The van der Waals surface area contributed by atoms with E-state index in [0.717, 1.165) is 18.4 Å². The van der Waals surface area contributed by atoms with Crippen molar-refractivity contribution in [2.24, 2.45) is 0 Å². The Balaban J connectivity index is 2.00. The Kier molecular flexibility index (Phi) is 5.82. The number of hydrogen-bond donors (Lipinski definition) is 1. The van der Waals surface area contributed by atoms with E-state index in [2.05, 4.69) is 5.32 Å². The molecule has 1 N–H and O–H groups in total. The number of carbonyl (C=O) groups excluding carboxylic acids is 1. The standard InChI is InChI=1S/C17H24N2O5S/c1-16(2,3)24-15(20)18-17(7-8-17)11-23-14-6-5-13(19(21)22)9-12(14)10-25-4/h5-6,9H,7-8,10-11H2,1-4H3,(H,18,20). The summed E-state index contributed by atoms with van der Waals surface area (Å²) >= 11 is 1.56. The number of rotatable bonds is 7. The fourth-order valence-corrected chi connectivity index (χ4v) is 2.82. The van der Waals surface area contributed by atoms with Crippen LogP contribution in [0.5, 0.6) is 5.75 Å². The minimum Gasteiger partial charge on any atom is -0.491 e. The van der Waals surface area contributed by atoms with E-state index in [-0.39, 0.29) is 5.69 Å². The summed E-state index contributed by atoms with van der Waals surface area (Å²) in [5, 5.41) is 13.8. The Hall–Kier alpha value is -1.96. The summed E-state index contributed by atoms with van der Waals surface area (Å²) in [6, 6.07) is 4.58. The van der Waals surface area contributed by atoms with Gasteiger partial charge in [0.25, 0.3) is 5.69 Å². The average Bonchev–Trinajstić information content (AvgIpc) is 3.23. The lowest BCUT2D eigenvalue weighted by Crippen LogP contribution is -2.44. The van der Waals surface area contributed by atoms with Crippen molar-refractivity contribution in [3.63, 3.8) is 0 Å². The van der Waals surface area contributed by atoms with Crippen LogP contribution in [0.4, 0.5) is 10.5 Å². The lowest BCUT2D eigenvalue weighted by molar-refractivity contribution is -0.384. The van der Waals surface area contributed by atoms with Crippen molar-refractivity contribution in [1.82, 2.24) is 5.32 Å². The van der Waals surface area contributed by atoms with E-state index < -0.39 is 22.2 Å². The summed E-state index contributed by atoms with van der Waals surface area (Å²) in [4.78, 5) is 22.5. The minimum atomic E-state index is -0.551. The van der Waals surface area contributed by atoms with Crippen LogP contribution in [0.3, 0.4) is 0 Å². The Bertz CT molecular complexity index is 653. The molecule has 0 atom stereocenters. The van der Waals surface area contributed by atoms with Gasteiger partial charge in [-0.25, -0.2) is 4.79 Å². The monoisotopic (exact) mass is 368 g/mol. The molecule has 1 saturated carbocycles. The first-order valence-electron chi connectivity index (χ1n) is 8.04. The molecule has 1 aromatic carbocycles. The molecule has 7 nitrogen and oxygen atoms in total. The Labute approximate surface area is 151 Å². The fourth-order valence-electron chi connectivity index (χ4n) is 2.28. The molecule has 0 saturated heterocycles. The van der Waals surface area contributed by atoms with Crippen molar-refractivity contribution in [2.75, 3.05) is 12.9 Å². The quantitative estimate of drug-likeness (QED) is 0.580. The van der Waals surface area contributed by atoms with E-state index in [1.165, 1.54) is 12.1 Å². The number of thioether (sulfide) groups is 1. The van der Waals surface area contributed by atoms with Crippen molar-refractivity contribution >= 4 is 23.5 Å². The van der Waals surface area contributed by atoms with Gasteiger partial charge in [0.1, 0.15) is 18.0 Å². The average molecular weight is 368 g/mol. The van der Waals surface area contributed by atoms with Gasteiger partial charge in [0.2, 0.25) is 0 Å². The molecule has 1 aromatic rings. The van der Waals surface area contributed by atoms with Crippen LogP contribution >= 0.6 is 11.8 Å². The van der Waals surface area contributed by atoms with Crippen LogP contribution in [0.15, 0.2) is 18.2 Å². The molecule has 0 aromatic heterocycles. The van der Waals surface area contributed by atoms with Crippen molar-refractivity contribution in [3.8, 4) is 5.75 Å². The maximum absolute atomic E-state index is 11.9. The second-order valence-electron chi connectivity index (χ2n) is 7.18. The first kappa shape index (κ1) is 19.4. The summed E-state index contributed by atoms with van der Waals surface area (Å²) in [5.74, 6) is 1.22. The molecule has 1 amide bonds. The normalized spacial score (nSPS) is 15.4. The highest BCUT2D eigenvalue weighted by atomic mass is 32.2. The molecule has 1 fully saturated rings. The number of nitrogens with zero attached hydrogens (tertiary/aromatic N) is 1. The van der Waals surface area contributed by atoms with Crippen molar-refractivity contribution in [3.05, 3.63) is 33.9 Å². The number of ether oxygens (including phenoxy) is 2. The van der Waals surface area contributed by atoms with Crippen LogP contribution in [0.2, 0.25) is 0 Å². The lowest BCUT2D eigenvalue weighted by atomic mass is 10.2. The van der Waals surface area contributed by atoms with Crippen molar-refractivity contribution in [1.29, 1.82) is 0 Å². The zero-order valence-electron chi connectivity index (χ0n) is 15.0. The highest BCUT2D eigenvalue weighted by molar-refractivity contribution is 7.97. The molecule has 0 unspecified atom stereocenters. The molecule has 0 spiro atoms. The predicted octanol–water partition coefficient (Wildman–Crippen LogP) is 3.89. The van der Waals surface area contributed by atoms with E-state index in [1.54, 1.807) is 17.8 Å². The third-order valence-corrected chi connectivity index (χ3v) is 4.28. The smallest absolute Gasteiger partial charge is 0.408 e. The molecule has 0 heterocycles. The van der Waals surface area contributed by atoms with Gasteiger partial charge in [-0.2, -0.15) is 11.8 Å². The lowest BCUT2D eigenvalue weighted by Gasteiger charge is -2.24. The molecule has 1 aliphatic carbocycles. The van der Waals surface area contributed by atoms with Gasteiger partial charge >= 0.3 is 6.09 Å². The minimum absolute atomic E-state index is 0.0458. The topological polar surface area (TPSA) is 90.7 Å². The van der Waals surface area contributed by atoms with E-state index >= 15 is 0 Å². The second-order valence-corrected chi connectivity index (χ2v) is 8.04. The largest absolute Gasteiger partial charge is 0.491 e. The molecule has 1 aliphatic rings. The molecule has 8 heteroatoms. The summed E-state index contributed by atoms with van der Waals surface area (Å²) in [7, 11) is 0. The number of carbonyl (C=O) groups is 1. The van der Waals surface area contributed by atoms with Gasteiger partial charge in [0.05, 0.1) is 10.5 Å². The zero-order chi connectivity index (χ0) is 18.7. The van der Waals surface area contributed by atoms with Gasteiger partial charge in [-0.3, -0.25) is 10.1 Å². The van der Waals surface area contributed by atoms with Crippen LogP contribution in [-0.2, 0) is 10.5 Å². The van der Waals surface area contributed by atoms with Gasteiger partial charge in [0.15, 0.2) is 0 Å². The molecular weight excluding hydrogens is 344 g/mol. The number of nitro groups is 1. The number of benzene rings is 1. The van der Waals surface area contributed by atoms with Gasteiger partial charge < -0.3 is 14.8 Å². The third kappa shape index (κ3) is 5.81. The summed E-state index contributed by atoms with van der Waals surface area (Å²) < 4.78 is 11.2. The van der Waals surface area contributed by atoms with Gasteiger partial charge in [0, 0.05) is 23.4 Å². The molecule has 0 radical (unpaired) electrons. The number of nitro benzene ring substituents is 1. The maximum Gasteiger partial charge on any atom is 0.408 e. The summed E-state index contributed by atoms with van der Waals surface area (Å²) in [5.41, 5.74) is -0.148. The van der Waals surface area contributed by atoms with E-state index in [1.807, 2.05) is 27.0 Å². The van der Waals surface area contributed by atoms with Crippen molar-refractivity contribution in [2.45, 2.75) is 50.5 Å². The Morgan fingerprint density at radius 2 is 2.08 bits per heavy atom. The Morgan fingerprint density at radius 3 is 2.60 bits per heavy atom.